The van der Waals surface area contributed by atoms with Gasteiger partial charge in [0.1, 0.15) is 29.4 Å². The third-order valence-electron chi connectivity index (χ3n) is 7.57. The zero-order valence-electron chi connectivity index (χ0n) is 19.9. The number of Topliss-reactive ketones (excluding diaryl/α,β-unsaturated/α-hetero) is 2. The van der Waals surface area contributed by atoms with Gasteiger partial charge in [-0.05, 0) is 53.6 Å². The van der Waals surface area contributed by atoms with Crippen molar-refractivity contribution in [1.82, 2.24) is 0 Å². The van der Waals surface area contributed by atoms with Gasteiger partial charge in [0.25, 0.3) is 5.91 Å². The molecule has 0 aromatic heterocycles. The first kappa shape index (κ1) is 25.2. The third kappa shape index (κ3) is 3.58. The molecule has 38 heavy (non-hydrogen) atoms. The summed E-state index contributed by atoms with van der Waals surface area (Å²) < 4.78 is 0. The fourth-order valence-corrected chi connectivity index (χ4v) is 5.83. The number of nitrogens with one attached hydrogen (secondary N) is 1. The highest BCUT2D eigenvalue weighted by atomic mass is 16.3. The molecule has 2 aromatic rings. The molecule has 2 amide bonds. The highest BCUT2D eigenvalue weighted by Crippen LogP contribution is 2.53. The second-order valence-electron chi connectivity index (χ2n) is 9.68. The molecule has 0 spiro atoms. The third-order valence-corrected chi connectivity index (χ3v) is 7.57. The Morgan fingerprint density at radius 3 is 2.34 bits per heavy atom. The normalized spacial score (nSPS) is 24.5. The second-order valence-corrected chi connectivity index (χ2v) is 9.68. The highest BCUT2D eigenvalue weighted by molar-refractivity contribution is 6.22. The maximum atomic E-state index is 13.6. The van der Waals surface area contributed by atoms with Crippen LogP contribution in [0.5, 0.6) is 5.75 Å². The van der Waals surface area contributed by atoms with E-state index in [9.17, 15) is 39.6 Å². The van der Waals surface area contributed by atoms with Gasteiger partial charge in [-0.25, -0.2) is 0 Å². The van der Waals surface area contributed by atoms with Gasteiger partial charge in [0, 0.05) is 23.6 Å². The minimum Gasteiger partial charge on any atom is -0.508 e. The summed E-state index contributed by atoms with van der Waals surface area (Å²) in [5, 5.41) is 55.3. The SMILES string of the molecule is NC(=O)C1=C(O)[C@@]2(O)C(=O)C3=C(O)c4c(O)ccc(-c5ccc(NC(=O)CO)cc5)c4C[C@H]3C[C@H]2CC1=O. The van der Waals surface area contributed by atoms with Crippen molar-refractivity contribution in [3.05, 3.63) is 64.4 Å². The van der Waals surface area contributed by atoms with Crippen LogP contribution >= 0.6 is 0 Å². The zero-order chi connectivity index (χ0) is 27.5. The standard InChI is InChI=1S/C27H24N2O9/c28-26(37)22-18(32)9-13-7-12-8-16-15(11-1-3-14(4-2-11)29-19(33)10-30)5-6-17(31)21(16)23(34)20(12)24(35)27(13,38)25(22)36/h1-6,12-13,30-31,34,36,38H,7-10H2,(H2,28,37)(H,29,33)/t12-,13+,27+/m1/s1. The van der Waals surface area contributed by atoms with Crippen LogP contribution in [0.4, 0.5) is 5.69 Å². The molecule has 3 aliphatic rings. The Bertz CT molecular complexity index is 1490. The molecular formula is C27H24N2O9. The highest BCUT2D eigenvalue weighted by Gasteiger charge is 2.60. The van der Waals surface area contributed by atoms with Crippen LogP contribution in [0.1, 0.15) is 24.0 Å². The van der Waals surface area contributed by atoms with E-state index in [1.54, 1.807) is 30.3 Å². The number of amides is 2. The van der Waals surface area contributed by atoms with E-state index >= 15 is 0 Å². The lowest BCUT2D eigenvalue weighted by molar-refractivity contribution is -0.147. The molecule has 3 atom stereocenters. The molecule has 1 fully saturated rings. The van der Waals surface area contributed by atoms with E-state index < -0.39 is 70.9 Å². The number of aliphatic hydroxyl groups excluding tert-OH is 3. The van der Waals surface area contributed by atoms with E-state index in [-0.39, 0.29) is 29.7 Å². The number of rotatable bonds is 4. The van der Waals surface area contributed by atoms with Crippen LogP contribution in [0.25, 0.3) is 16.9 Å². The summed E-state index contributed by atoms with van der Waals surface area (Å²) in [6.45, 7) is -0.666. The summed E-state index contributed by atoms with van der Waals surface area (Å²) in [6, 6.07) is 9.64. The molecule has 11 heteroatoms. The average molecular weight is 520 g/mol. The molecule has 0 bridgehead atoms. The van der Waals surface area contributed by atoms with Crippen molar-refractivity contribution in [3.8, 4) is 16.9 Å². The van der Waals surface area contributed by atoms with Gasteiger partial charge in [-0.15, -0.1) is 0 Å². The number of benzene rings is 2. The van der Waals surface area contributed by atoms with Gasteiger partial charge in [0.05, 0.1) is 5.56 Å². The lowest BCUT2D eigenvalue weighted by Crippen LogP contribution is -2.58. The van der Waals surface area contributed by atoms with Crippen LogP contribution < -0.4 is 11.1 Å². The minimum atomic E-state index is -2.61. The van der Waals surface area contributed by atoms with Gasteiger partial charge in [-0.1, -0.05) is 18.2 Å². The van der Waals surface area contributed by atoms with Crippen molar-refractivity contribution >= 4 is 34.8 Å². The van der Waals surface area contributed by atoms with E-state index in [0.29, 0.717) is 22.4 Å². The Morgan fingerprint density at radius 2 is 1.71 bits per heavy atom. The summed E-state index contributed by atoms with van der Waals surface area (Å²) in [5.41, 5.74) is 3.83. The molecule has 2 aromatic carbocycles. The number of aliphatic hydroxyl groups is 4. The monoisotopic (exact) mass is 520 g/mol. The van der Waals surface area contributed by atoms with Crippen LogP contribution in [0.2, 0.25) is 0 Å². The molecule has 196 valence electrons. The van der Waals surface area contributed by atoms with Crippen molar-refractivity contribution in [1.29, 1.82) is 0 Å². The van der Waals surface area contributed by atoms with Crippen LogP contribution in [0.3, 0.4) is 0 Å². The molecule has 8 N–H and O–H groups in total. The summed E-state index contributed by atoms with van der Waals surface area (Å²) in [6.07, 6.45) is -0.193. The lowest BCUT2D eigenvalue weighted by atomic mass is 9.59. The number of anilines is 1. The van der Waals surface area contributed by atoms with Crippen molar-refractivity contribution in [2.24, 2.45) is 17.6 Å². The van der Waals surface area contributed by atoms with E-state index in [2.05, 4.69) is 5.32 Å². The number of carbonyl (C=O) groups excluding carboxylic acids is 4. The number of aromatic hydroxyl groups is 1. The molecule has 0 aliphatic heterocycles. The fraction of sp³-hybridized carbons (Fsp3) is 0.259. The Kier molecular flexibility index (Phi) is 5.85. The smallest absolute Gasteiger partial charge is 0.255 e. The van der Waals surface area contributed by atoms with Gasteiger partial charge in [0.15, 0.2) is 11.4 Å². The predicted octanol–water partition coefficient (Wildman–Crippen LogP) is 1.02. The van der Waals surface area contributed by atoms with Crippen LogP contribution in [0, 0.1) is 11.8 Å². The van der Waals surface area contributed by atoms with Crippen molar-refractivity contribution < 1.29 is 44.7 Å². The van der Waals surface area contributed by atoms with Gasteiger partial charge in [-0.3, -0.25) is 19.2 Å². The lowest BCUT2D eigenvalue weighted by Gasteiger charge is -2.46. The largest absolute Gasteiger partial charge is 0.508 e. The van der Waals surface area contributed by atoms with Crippen LogP contribution in [0.15, 0.2) is 53.3 Å². The molecule has 3 aliphatic carbocycles. The van der Waals surface area contributed by atoms with Crippen molar-refractivity contribution in [2.75, 3.05) is 11.9 Å². The molecule has 11 nitrogen and oxygen atoms in total. The molecule has 0 unspecified atom stereocenters. The number of fused-ring (bicyclic) bond motifs is 3. The molecule has 0 radical (unpaired) electrons. The molecular weight excluding hydrogens is 496 g/mol. The Hall–Kier alpha value is -4.48. The van der Waals surface area contributed by atoms with E-state index in [0.717, 1.165) is 0 Å². The number of phenolic OH excluding ortho intramolecular Hbond substituents is 1. The number of ketones is 2. The van der Waals surface area contributed by atoms with Crippen LogP contribution in [-0.4, -0.2) is 61.1 Å². The number of hydrogen-bond acceptors (Lipinski definition) is 9. The Morgan fingerprint density at radius 1 is 1.03 bits per heavy atom. The summed E-state index contributed by atoms with van der Waals surface area (Å²) in [5.74, 6) is -7.38. The minimum absolute atomic E-state index is 0.00714. The van der Waals surface area contributed by atoms with Crippen LogP contribution in [-0.2, 0) is 25.6 Å². The molecule has 0 heterocycles. The Labute approximate surface area is 215 Å². The zero-order valence-corrected chi connectivity index (χ0v) is 19.9. The van der Waals surface area contributed by atoms with E-state index in [4.69, 9.17) is 10.8 Å². The van der Waals surface area contributed by atoms with E-state index in [1.807, 2.05) is 0 Å². The molecule has 5 rings (SSSR count). The van der Waals surface area contributed by atoms with Gasteiger partial charge >= 0.3 is 0 Å². The van der Waals surface area contributed by atoms with Crippen molar-refractivity contribution in [3.63, 3.8) is 0 Å². The average Bonchev–Trinajstić information content (AvgIpc) is 2.86. The maximum absolute atomic E-state index is 13.6. The summed E-state index contributed by atoms with van der Waals surface area (Å²) in [4.78, 5) is 49.3. The molecule has 0 saturated heterocycles. The fourth-order valence-electron chi connectivity index (χ4n) is 5.83. The van der Waals surface area contributed by atoms with Gasteiger partial charge < -0.3 is 36.6 Å². The predicted molar refractivity (Wildman–Crippen MR) is 133 cm³/mol. The first-order chi connectivity index (χ1) is 18.0. The Balaban J connectivity index is 1.61. The molecule has 1 saturated carbocycles. The topological polar surface area (TPSA) is 207 Å². The maximum Gasteiger partial charge on any atom is 0.255 e. The van der Waals surface area contributed by atoms with E-state index in [1.165, 1.54) is 6.07 Å². The second kappa shape index (κ2) is 8.82. The summed E-state index contributed by atoms with van der Waals surface area (Å²) >= 11 is 0. The number of primary amides is 1. The summed E-state index contributed by atoms with van der Waals surface area (Å²) in [7, 11) is 0. The first-order valence-corrected chi connectivity index (χ1v) is 11.8. The number of hydrogen-bond donors (Lipinski definition) is 7. The number of nitrogens with two attached hydrogens (primary N) is 1. The number of carbonyl (C=O) groups is 4. The quantitative estimate of drug-likeness (QED) is 0.287. The number of phenols is 1. The van der Waals surface area contributed by atoms with Gasteiger partial charge in [0.2, 0.25) is 11.7 Å². The van der Waals surface area contributed by atoms with Crippen molar-refractivity contribution in [2.45, 2.75) is 24.9 Å². The van der Waals surface area contributed by atoms with Gasteiger partial charge in [-0.2, -0.15) is 0 Å². The first-order valence-electron chi connectivity index (χ1n) is 11.8.